The van der Waals surface area contributed by atoms with Crippen LogP contribution in [-0.4, -0.2) is 42.8 Å². The standard InChI is InChI=1S/C35H36O9S2/c1-6-19-14-35(4,5)17-28-25(19)13-27-30(22-9-7-8-10-23(22)33(36)37)26-12-24-20(11-29(26)44-31(27)32(28)46(41,42)43)15-34(2,3)16-21(24)18-45(38,39)40/h7-15,21H,6,16-18H2,1-5H3,(H,36,37)(H,38,39,40)(H,41,42,43). The Bertz CT molecular complexity index is 2230. The van der Waals surface area contributed by atoms with Gasteiger partial charge in [-0.2, -0.15) is 16.8 Å². The fourth-order valence-corrected chi connectivity index (χ4v) is 9.17. The summed E-state index contributed by atoms with van der Waals surface area (Å²) in [4.78, 5) is 12.2. The zero-order valence-electron chi connectivity index (χ0n) is 26.2. The minimum Gasteiger partial charge on any atom is -0.478 e. The first-order chi connectivity index (χ1) is 21.3. The molecule has 1 unspecified atom stereocenters. The molecule has 3 aromatic rings. The van der Waals surface area contributed by atoms with Crippen LogP contribution in [0.3, 0.4) is 0 Å². The van der Waals surface area contributed by atoms with Crippen molar-refractivity contribution in [3.63, 3.8) is 0 Å². The topological polar surface area (TPSA) is 155 Å². The Morgan fingerprint density at radius 3 is 2.26 bits per heavy atom. The number of hydrogen-bond acceptors (Lipinski definition) is 6. The second kappa shape index (κ2) is 10.6. The lowest BCUT2D eigenvalue weighted by Crippen LogP contribution is -2.34. The molecule has 3 N–H and O–H groups in total. The van der Waals surface area contributed by atoms with Crippen molar-refractivity contribution in [2.24, 2.45) is 10.8 Å². The zero-order valence-corrected chi connectivity index (χ0v) is 27.8. The van der Waals surface area contributed by atoms with E-state index in [4.69, 9.17) is 4.74 Å². The molecule has 3 aliphatic rings. The lowest BCUT2D eigenvalue weighted by atomic mass is 9.73. The van der Waals surface area contributed by atoms with Gasteiger partial charge in [-0.3, -0.25) is 9.11 Å². The molecule has 242 valence electrons. The summed E-state index contributed by atoms with van der Waals surface area (Å²) < 4.78 is 77.8. The lowest BCUT2D eigenvalue weighted by molar-refractivity contribution is 0.0696. The number of carbonyl (C=O) groups is 1. The Hall–Kier alpha value is -3.77. The Morgan fingerprint density at radius 2 is 1.63 bits per heavy atom. The maximum atomic E-state index is 13.3. The summed E-state index contributed by atoms with van der Waals surface area (Å²) >= 11 is 0. The van der Waals surface area contributed by atoms with Gasteiger partial charge in [-0.1, -0.05) is 65.0 Å². The van der Waals surface area contributed by atoms with Gasteiger partial charge in [0.05, 0.1) is 11.3 Å². The number of fused-ring (bicyclic) bond motifs is 4. The van der Waals surface area contributed by atoms with Crippen molar-refractivity contribution in [1.82, 2.24) is 0 Å². The highest BCUT2D eigenvalue weighted by atomic mass is 32.2. The van der Waals surface area contributed by atoms with Crippen LogP contribution < -0.4 is 15.2 Å². The Kier molecular flexibility index (Phi) is 7.44. The average molecular weight is 665 g/mol. The largest absolute Gasteiger partial charge is 0.478 e. The fourth-order valence-electron chi connectivity index (χ4n) is 7.48. The van der Waals surface area contributed by atoms with Crippen molar-refractivity contribution >= 4 is 43.4 Å². The number of benzene rings is 3. The normalized spacial score (nSPS) is 19.4. The molecule has 0 amide bonds. The molecule has 6 rings (SSSR count). The van der Waals surface area contributed by atoms with Gasteiger partial charge in [0.1, 0.15) is 10.6 Å². The molecule has 0 spiro atoms. The van der Waals surface area contributed by atoms with Gasteiger partial charge in [0.15, 0.2) is 5.75 Å². The fraction of sp³-hybridized carbons (Fsp3) is 0.343. The van der Waals surface area contributed by atoms with Crippen molar-refractivity contribution in [1.29, 1.82) is 0 Å². The first-order valence-corrected chi connectivity index (χ1v) is 18.1. The third kappa shape index (κ3) is 5.70. The number of allylic oxidation sites excluding steroid dienone is 2. The van der Waals surface area contributed by atoms with Crippen LogP contribution in [0.2, 0.25) is 0 Å². The van der Waals surface area contributed by atoms with E-state index in [0.29, 0.717) is 57.5 Å². The van der Waals surface area contributed by atoms with Gasteiger partial charge in [0.2, 0.25) is 0 Å². The summed E-state index contributed by atoms with van der Waals surface area (Å²) in [5.74, 6) is -2.15. The molecule has 0 bridgehead atoms. The van der Waals surface area contributed by atoms with Gasteiger partial charge >= 0.3 is 5.97 Å². The van der Waals surface area contributed by atoms with Crippen LogP contribution in [0.15, 0.2) is 53.4 Å². The van der Waals surface area contributed by atoms with E-state index in [1.54, 1.807) is 30.3 Å². The molecular formula is C35H36O9S2. The van der Waals surface area contributed by atoms with Crippen LogP contribution in [0.4, 0.5) is 0 Å². The molecule has 1 aliphatic heterocycles. The van der Waals surface area contributed by atoms with Crippen molar-refractivity contribution in [3.8, 4) is 11.5 Å². The summed E-state index contributed by atoms with van der Waals surface area (Å²) in [5.41, 5.74) is 2.64. The van der Waals surface area contributed by atoms with Gasteiger partial charge in [0.25, 0.3) is 20.2 Å². The van der Waals surface area contributed by atoms with Crippen LogP contribution in [0.1, 0.15) is 91.6 Å². The van der Waals surface area contributed by atoms with Crippen LogP contribution in [-0.2, 0) is 26.7 Å². The maximum Gasteiger partial charge on any atom is 0.336 e. The highest BCUT2D eigenvalue weighted by Gasteiger charge is 2.38. The molecule has 0 aromatic heterocycles. The van der Waals surface area contributed by atoms with Gasteiger partial charge in [-0.05, 0) is 87.4 Å². The summed E-state index contributed by atoms with van der Waals surface area (Å²) in [7, 11) is -9.20. The number of carboxylic acids is 1. The van der Waals surface area contributed by atoms with E-state index in [-0.39, 0.29) is 27.5 Å². The van der Waals surface area contributed by atoms with E-state index in [0.717, 1.165) is 5.57 Å². The van der Waals surface area contributed by atoms with Gasteiger partial charge in [-0.15, -0.1) is 0 Å². The van der Waals surface area contributed by atoms with Crippen LogP contribution in [0.5, 0.6) is 11.5 Å². The number of ether oxygens (including phenoxy) is 1. The number of aromatic carboxylic acids is 1. The average Bonchev–Trinajstić information content (AvgIpc) is 2.91. The highest BCUT2D eigenvalue weighted by Crippen LogP contribution is 2.49. The first-order valence-electron chi connectivity index (χ1n) is 15.1. The molecule has 2 aliphatic carbocycles. The van der Waals surface area contributed by atoms with Crippen LogP contribution in [0, 0.1) is 10.8 Å². The van der Waals surface area contributed by atoms with E-state index in [1.807, 2.05) is 46.8 Å². The third-order valence-electron chi connectivity index (χ3n) is 9.05. The molecule has 0 saturated carbocycles. The third-order valence-corrected chi connectivity index (χ3v) is 10.8. The molecule has 0 radical (unpaired) electrons. The van der Waals surface area contributed by atoms with E-state index in [9.17, 15) is 35.8 Å². The second-order valence-corrected chi connectivity index (χ2v) is 16.7. The molecule has 46 heavy (non-hydrogen) atoms. The maximum absolute atomic E-state index is 13.3. The first kappa shape index (κ1) is 32.2. The molecule has 0 saturated heterocycles. The zero-order chi connectivity index (χ0) is 33.6. The van der Waals surface area contributed by atoms with Gasteiger partial charge in [0, 0.05) is 22.3 Å². The molecule has 3 aromatic carbocycles. The summed E-state index contributed by atoms with van der Waals surface area (Å²) in [6.07, 6.45) is 5.39. The van der Waals surface area contributed by atoms with Crippen molar-refractivity contribution in [2.45, 2.75) is 64.7 Å². The molecular weight excluding hydrogens is 629 g/mol. The Morgan fingerprint density at radius 1 is 0.935 bits per heavy atom. The number of rotatable bonds is 6. The van der Waals surface area contributed by atoms with E-state index in [2.05, 4.69) is 6.08 Å². The summed E-state index contributed by atoms with van der Waals surface area (Å²) in [6, 6.07) is 11.6. The minimum absolute atomic E-state index is 0.0327. The Balaban J connectivity index is 1.82. The minimum atomic E-state index is -4.85. The van der Waals surface area contributed by atoms with Crippen molar-refractivity contribution < 1.29 is 40.6 Å². The predicted octanol–water partition coefficient (Wildman–Crippen LogP) is 5.54. The van der Waals surface area contributed by atoms with Gasteiger partial charge < -0.3 is 9.84 Å². The number of carboxylic acid groups (broad SMARTS) is 1. The second-order valence-electron chi connectivity index (χ2n) is 13.9. The molecule has 1 heterocycles. The summed E-state index contributed by atoms with van der Waals surface area (Å²) in [5, 5.41) is 11.3. The number of hydrogen-bond donors (Lipinski definition) is 3. The predicted molar refractivity (Wildman–Crippen MR) is 175 cm³/mol. The van der Waals surface area contributed by atoms with E-state index in [1.165, 1.54) is 6.07 Å². The SMILES string of the molecule is CCC1=CC(C)(C)Cc2c1cc1c(c2S(=O)(=O)O)Oc2cc3c(cc2=C1c1ccccc1C(=O)O)C(CS(=O)(=O)O)CC(C)(C)C=3. The van der Waals surface area contributed by atoms with Crippen LogP contribution in [0.25, 0.3) is 17.2 Å². The quantitative estimate of drug-likeness (QED) is 0.225. The van der Waals surface area contributed by atoms with E-state index < -0.39 is 48.7 Å². The molecule has 9 nitrogen and oxygen atoms in total. The molecule has 1 atom stereocenters. The smallest absolute Gasteiger partial charge is 0.336 e. The van der Waals surface area contributed by atoms with Gasteiger partial charge in [-0.25, -0.2) is 4.79 Å². The Labute approximate surface area is 268 Å². The highest BCUT2D eigenvalue weighted by molar-refractivity contribution is 7.86. The summed E-state index contributed by atoms with van der Waals surface area (Å²) in [6.45, 7) is 9.84. The van der Waals surface area contributed by atoms with Crippen molar-refractivity contribution in [2.75, 3.05) is 5.75 Å². The lowest BCUT2D eigenvalue weighted by Gasteiger charge is -2.34. The van der Waals surface area contributed by atoms with Crippen LogP contribution >= 0.6 is 0 Å². The monoisotopic (exact) mass is 664 g/mol. The molecule has 0 fully saturated rings. The molecule has 11 heteroatoms. The van der Waals surface area contributed by atoms with Crippen molar-refractivity contribution in [3.05, 3.63) is 92.4 Å². The van der Waals surface area contributed by atoms with E-state index >= 15 is 0 Å².